The van der Waals surface area contributed by atoms with Crippen molar-refractivity contribution in [3.05, 3.63) is 65.2 Å². The van der Waals surface area contributed by atoms with Gasteiger partial charge < -0.3 is 9.80 Å². The zero-order valence-electron chi connectivity index (χ0n) is 14.5. The highest BCUT2D eigenvalue weighted by Crippen LogP contribution is 2.42. The summed E-state index contributed by atoms with van der Waals surface area (Å²) in [5.41, 5.74) is 1.06. The van der Waals surface area contributed by atoms with Gasteiger partial charge in [-0.25, -0.2) is 0 Å². The first-order valence-corrected chi connectivity index (χ1v) is 9.39. The van der Waals surface area contributed by atoms with Crippen molar-refractivity contribution in [1.29, 1.82) is 0 Å². The molecule has 2 aliphatic rings. The van der Waals surface area contributed by atoms with Crippen LogP contribution < -0.4 is 4.90 Å². The topological polar surface area (TPSA) is 40.6 Å². The molecule has 1 unspecified atom stereocenters. The molecule has 4 rings (SSSR count). The van der Waals surface area contributed by atoms with Gasteiger partial charge in [-0.3, -0.25) is 9.59 Å². The molecule has 2 aliphatic heterocycles. The van der Waals surface area contributed by atoms with Gasteiger partial charge in [0.1, 0.15) is 0 Å². The molecule has 1 atom stereocenters. The predicted molar refractivity (Wildman–Crippen MR) is 102 cm³/mol. The second-order valence-electron chi connectivity index (χ2n) is 7.16. The molecule has 0 bridgehead atoms. The van der Waals surface area contributed by atoms with Gasteiger partial charge >= 0.3 is 0 Å². The van der Waals surface area contributed by atoms with Crippen LogP contribution in [0.1, 0.15) is 29.6 Å². The fraction of sp³-hybridized carbons (Fsp3) is 0.333. The molecule has 1 spiro atoms. The van der Waals surface area contributed by atoms with Crippen molar-refractivity contribution in [3.63, 3.8) is 0 Å². The smallest absolute Gasteiger partial charge is 0.253 e. The van der Waals surface area contributed by atoms with Gasteiger partial charge in [0.05, 0.1) is 5.41 Å². The molecule has 2 amide bonds. The van der Waals surface area contributed by atoms with E-state index < -0.39 is 5.41 Å². The number of rotatable bonds is 2. The predicted octanol–water partition coefficient (Wildman–Crippen LogP) is 4.00. The van der Waals surface area contributed by atoms with Crippen LogP contribution >= 0.6 is 11.6 Å². The van der Waals surface area contributed by atoms with Crippen molar-refractivity contribution in [2.24, 2.45) is 5.41 Å². The molecule has 0 radical (unpaired) electrons. The quantitative estimate of drug-likeness (QED) is 0.803. The monoisotopic (exact) mass is 368 g/mol. The number of halogens is 1. The highest BCUT2D eigenvalue weighted by Gasteiger charge is 2.50. The van der Waals surface area contributed by atoms with E-state index in [4.69, 9.17) is 11.6 Å². The van der Waals surface area contributed by atoms with Crippen LogP contribution in [-0.4, -0.2) is 36.3 Å². The summed E-state index contributed by atoms with van der Waals surface area (Å²) in [6, 6.07) is 16.8. The molecule has 0 N–H and O–H groups in total. The van der Waals surface area contributed by atoms with Gasteiger partial charge in [0.2, 0.25) is 5.91 Å². The van der Waals surface area contributed by atoms with E-state index in [1.165, 1.54) is 0 Å². The molecule has 0 saturated carbocycles. The summed E-state index contributed by atoms with van der Waals surface area (Å²) < 4.78 is 0. The molecule has 2 fully saturated rings. The van der Waals surface area contributed by atoms with Gasteiger partial charge in [0.15, 0.2) is 0 Å². The number of para-hydroxylation sites is 1. The molecule has 2 aromatic carbocycles. The molecule has 0 aliphatic carbocycles. The lowest BCUT2D eigenvalue weighted by Gasteiger charge is -2.39. The number of nitrogens with zero attached hydrogens (tertiary/aromatic N) is 2. The Hall–Kier alpha value is -2.33. The summed E-state index contributed by atoms with van der Waals surface area (Å²) in [5, 5.41) is 0.551. The number of anilines is 1. The van der Waals surface area contributed by atoms with E-state index in [0.717, 1.165) is 24.9 Å². The number of likely N-dealkylation sites (tertiary alicyclic amines) is 1. The summed E-state index contributed by atoms with van der Waals surface area (Å²) in [6.45, 7) is 1.88. The van der Waals surface area contributed by atoms with Gasteiger partial charge in [0.25, 0.3) is 5.91 Å². The van der Waals surface area contributed by atoms with Crippen molar-refractivity contribution >= 4 is 29.1 Å². The van der Waals surface area contributed by atoms with Gasteiger partial charge in [-0.2, -0.15) is 0 Å². The fourth-order valence-corrected chi connectivity index (χ4v) is 4.35. The van der Waals surface area contributed by atoms with E-state index in [9.17, 15) is 9.59 Å². The molecule has 4 nitrogen and oxygen atoms in total. The minimum atomic E-state index is -0.456. The average Bonchev–Trinajstić information content (AvgIpc) is 2.98. The standard InChI is InChI=1S/C21H21ClN2O2/c22-17-7-4-6-16(14-17)19(25)23-12-5-10-21(15-23)11-13-24(20(21)26)18-8-2-1-3-9-18/h1-4,6-9,14H,5,10-13,15H2. The minimum absolute atomic E-state index is 0.0439. The number of benzene rings is 2. The third-order valence-corrected chi connectivity index (χ3v) is 5.75. The van der Waals surface area contributed by atoms with Gasteiger partial charge in [0, 0.05) is 35.9 Å². The largest absolute Gasteiger partial charge is 0.338 e. The first-order valence-electron chi connectivity index (χ1n) is 9.01. The number of hydrogen-bond donors (Lipinski definition) is 0. The van der Waals surface area contributed by atoms with Crippen LogP contribution in [0, 0.1) is 5.41 Å². The molecule has 0 aromatic heterocycles. The summed E-state index contributed by atoms with van der Waals surface area (Å²) >= 11 is 6.03. The highest BCUT2D eigenvalue weighted by atomic mass is 35.5. The third kappa shape index (κ3) is 2.99. The number of piperidine rings is 1. The average molecular weight is 369 g/mol. The van der Waals surface area contributed by atoms with Crippen LogP contribution in [0.5, 0.6) is 0 Å². The second-order valence-corrected chi connectivity index (χ2v) is 7.60. The lowest BCUT2D eigenvalue weighted by atomic mass is 9.78. The molecule has 2 aromatic rings. The fourth-order valence-electron chi connectivity index (χ4n) is 4.16. The molecular formula is C21H21ClN2O2. The Kier molecular flexibility index (Phi) is 4.45. The maximum absolute atomic E-state index is 13.2. The van der Waals surface area contributed by atoms with Crippen molar-refractivity contribution in [2.45, 2.75) is 19.3 Å². The molecular weight excluding hydrogens is 348 g/mol. The van der Waals surface area contributed by atoms with E-state index in [-0.39, 0.29) is 11.8 Å². The van der Waals surface area contributed by atoms with Crippen molar-refractivity contribution in [2.75, 3.05) is 24.5 Å². The summed E-state index contributed by atoms with van der Waals surface area (Å²) in [7, 11) is 0. The molecule has 5 heteroatoms. The summed E-state index contributed by atoms with van der Waals surface area (Å²) in [5.74, 6) is 0.102. The van der Waals surface area contributed by atoms with Gasteiger partial charge in [-0.15, -0.1) is 0 Å². The number of amides is 2. The summed E-state index contributed by atoms with van der Waals surface area (Å²) in [4.78, 5) is 29.8. The SMILES string of the molecule is O=C(c1cccc(Cl)c1)N1CCCC2(CCN(c3ccccc3)C2=O)C1. The van der Waals surface area contributed by atoms with Gasteiger partial charge in [-0.05, 0) is 49.6 Å². The molecule has 2 heterocycles. The summed E-state index contributed by atoms with van der Waals surface area (Å²) in [6.07, 6.45) is 2.48. The Morgan fingerprint density at radius 1 is 1.00 bits per heavy atom. The van der Waals surface area contributed by atoms with E-state index in [2.05, 4.69) is 0 Å². The van der Waals surface area contributed by atoms with Crippen LogP contribution in [-0.2, 0) is 4.79 Å². The normalized spacial score (nSPS) is 22.9. The van der Waals surface area contributed by atoms with Crippen molar-refractivity contribution in [3.8, 4) is 0 Å². The van der Waals surface area contributed by atoms with E-state index in [1.807, 2.05) is 40.1 Å². The Labute approximate surface area is 158 Å². The lowest BCUT2D eigenvalue weighted by molar-refractivity contribution is -0.127. The lowest BCUT2D eigenvalue weighted by Crippen LogP contribution is -2.49. The Morgan fingerprint density at radius 3 is 2.58 bits per heavy atom. The van der Waals surface area contributed by atoms with Crippen LogP contribution in [0.2, 0.25) is 5.02 Å². The van der Waals surface area contributed by atoms with Crippen LogP contribution in [0.15, 0.2) is 54.6 Å². The highest BCUT2D eigenvalue weighted by molar-refractivity contribution is 6.30. The minimum Gasteiger partial charge on any atom is -0.338 e. The number of carbonyl (C=O) groups excluding carboxylic acids is 2. The Morgan fingerprint density at radius 2 is 1.81 bits per heavy atom. The van der Waals surface area contributed by atoms with E-state index >= 15 is 0 Å². The molecule has 26 heavy (non-hydrogen) atoms. The van der Waals surface area contributed by atoms with Gasteiger partial charge in [-0.1, -0.05) is 35.9 Å². The van der Waals surface area contributed by atoms with Crippen molar-refractivity contribution < 1.29 is 9.59 Å². The Balaban J connectivity index is 1.55. The number of hydrogen-bond acceptors (Lipinski definition) is 2. The number of carbonyl (C=O) groups is 2. The maximum Gasteiger partial charge on any atom is 0.253 e. The first kappa shape index (κ1) is 17.1. The molecule has 2 saturated heterocycles. The third-order valence-electron chi connectivity index (χ3n) is 5.52. The molecule has 134 valence electrons. The van der Waals surface area contributed by atoms with E-state index in [0.29, 0.717) is 30.2 Å². The van der Waals surface area contributed by atoms with Crippen LogP contribution in [0.25, 0.3) is 0 Å². The zero-order valence-corrected chi connectivity index (χ0v) is 15.3. The van der Waals surface area contributed by atoms with Crippen LogP contribution in [0.4, 0.5) is 5.69 Å². The zero-order chi connectivity index (χ0) is 18.1. The Bertz CT molecular complexity index is 839. The van der Waals surface area contributed by atoms with E-state index in [1.54, 1.807) is 24.3 Å². The van der Waals surface area contributed by atoms with Crippen molar-refractivity contribution in [1.82, 2.24) is 4.90 Å². The maximum atomic E-state index is 13.2. The van der Waals surface area contributed by atoms with Crippen LogP contribution in [0.3, 0.4) is 0 Å². The second kappa shape index (κ2) is 6.76. The first-order chi connectivity index (χ1) is 12.6.